The summed E-state index contributed by atoms with van der Waals surface area (Å²) in [6.45, 7) is 1.85. The third-order valence-electron chi connectivity index (χ3n) is 4.44. The Hall–Kier alpha value is -2.76. The van der Waals surface area contributed by atoms with Crippen molar-refractivity contribution in [2.75, 3.05) is 36.8 Å². The normalized spacial score (nSPS) is 15.6. The van der Waals surface area contributed by atoms with Crippen LogP contribution in [0.25, 0.3) is 10.6 Å². The molecule has 3 N–H and O–H groups in total. The van der Waals surface area contributed by atoms with Gasteiger partial charge in [-0.25, -0.2) is 18.5 Å². The summed E-state index contributed by atoms with van der Waals surface area (Å²) >= 11 is 1.14. The van der Waals surface area contributed by atoms with E-state index >= 15 is 0 Å². The van der Waals surface area contributed by atoms with Crippen molar-refractivity contribution in [3.63, 3.8) is 0 Å². The molecule has 0 spiro atoms. The minimum atomic E-state index is -3.58. The van der Waals surface area contributed by atoms with Crippen molar-refractivity contribution in [3.05, 3.63) is 52.9 Å². The zero-order valence-corrected chi connectivity index (χ0v) is 16.4. The van der Waals surface area contributed by atoms with Crippen LogP contribution in [0.5, 0.6) is 0 Å². The molecule has 9 nitrogen and oxygen atoms in total. The number of anilines is 2. The summed E-state index contributed by atoms with van der Waals surface area (Å²) in [6.07, 6.45) is 1.59. The first-order valence-electron chi connectivity index (χ1n) is 8.56. The fourth-order valence-electron chi connectivity index (χ4n) is 2.95. The Labute approximate surface area is 165 Å². The van der Waals surface area contributed by atoms with Gasteiger partial charge in [0.05, 0.1) is 16.8 Å². The SMILES string of the molecule is Nc1ccc(N2CCN(S(=O)(=O)c3ccc(-c4ccc(=O)[nH]n4)s3)CC2)nc1. The van der Waals surface area contributed by atoms with Gasteiger partial charge in [-0.3, -0.25) is 4.79 Å². The maximum absolute atomic E-state index is 13.0. The molecule has 0 atom stereocenters. The van der Waals surface area contributed by atoms with E-state index in [4.69, 9.17) is 5.73 Å². The second kappa shape index (κ2) is 7.34. The number of nitrogens with one attached hydrogen (secondary N) is 1. The van der Waals surface area contributed by atoms with Gasteiger partial charge in [0.25, 0.3) is 15.6 Å². The molecular weight excluding hydrogens is 400 g/mol. The Bertz CT molecular complexity index is 1110. The van der Waals surface area contributed by atoms with Gasteiger partial charge in [-0.15, -0.1) is 11.3 Å². The molecule has 4 rings (SSSR count). The van der Waals surface area contributed by atoms with Crippen molar-refractivity contribution in [3.8, 4) is 10.6 Å². The van der Waals surface area contributed by atoms with Crippen LogP contribution >= 0.6 is 11.3 Å². The highest BCUT2D eigenvalue weighted by atomic mass is 32.2. The highest BCUT2D eigenvalue weighted by Crippen LogP contribution is 2.31. The summed E-state index contributed by atoms with van der Waals surface area (Å²) in [6, 6.07) is 9.83. The fraction of sp³-hybridized carbons (Fsp3) is 0.235. The summed E-state index contributed by atoms with van der Waals surface area (Å²) in [5, 5.41) is 6.30. The summed E-state index contributed by atoms with van der Waals surface area (Å²) in [5.74, 6) is 0.786. The molecule has 4 heterocycles. The number of sulfonamides is 1. The van der Waals surface area contributed by atoms with Crippen LogP contribution in [0.2, 0.25) is 0 Å². The second-order valence-electron chi connectivity index (χ2n) is 6.27. The predicted octanol–water partition coefficient (Wildman–Crippen LogP) is 0.986. The summed E-state index contributed by atoms with van der Waals surface area (Å²) in [5.41, 5.74) is 6.48. The molecule has 0 bridgehead atoms. The molecule has 0 aromatic carbocycles. The molecule has 0 aliphatic carbocycles. The van der Waals surface area contributed by atoms with E-state index in [-0.39, 0.29) is 9.77 Å². The topological polar surface area (TPSA) is 125 Å². The first-order valence-corrected chi connectivity index (χ1v) is 10.8. The van der Waals surface area contributed by atoms with E-state index in [1.54, 1.807) is 30.5 Å². The van der Waals surface area contributed by atoms with E-state index in [1.807, 2.05) is 11.0 Å². The third-order valence-corrected chi connectivity index (χ3v) is 7.91. The Morgan fingerprint density at radius 3 is 2.46 bits per heavy atom. The van der Waals surface area contributed by atoms with Crippen LogP contribution in [0, 0.1) is 0 Å². The van der Waals surface area contributed by atoms with E-state index in [1.165, 1.54) is 10.4 Å². The van der Waals surface area contributed by atoms with Gasteiger partial charge in [-0.1, -0.05) is 0 Å². The lowest BCUT2D eigenvalue weighted by molar-refractivity contribution is 0.385. The van der Waals surface area contributed by atoms with Crippen LogP contribution in [-0.2, 0) is 10.0 Å². The van der Waals surface area contributed by atoms with Crippen molar-refractivity contribution in [1.29, 1.82) is 0 Å². The highest BCUT2D eigenvalue weighted by Gasteiger charge is 2.30. The van der Waals surface area contributed by atoms with Crippen LogP contribution in [0.4, 0.5) is 11.5 Å². The molecular formula is C17H18N6O3S2. The Kier molecular flexibility index (Phi) is 4.87. The average Bonchev–Trinajstić information content (AvgIpc) is 3.20. The van der Waals surface area contributed by atoms with Gasteiger partial charge in [-0.2, -0.15) is 9.40 Å². The largest absolute Gasteiger partial charge is 0.397 e. The zero-order valence-electron chi connectivity index (χ0n) is 14.8. The minimum absolute atomic E-state index is 0.259. The van der Waals surface area contributed by atoms with Gasteiger partial charge in [0.2, 0.25) is 0 Å². The van der Waals surface area contributed by atoms with Crippen molar-refractivity contribution in [1.82, 2.24) is 19.5 Å². The van der Waals surface area contributed by atoms with Crippen LogP contribution in [-0.4, -0.2) is 54.1 Å². The maximum Gasteiger partial charge on any atom is 0.264 e. The lowest BCUT2D eigenvalue weighted by Gasteiger charge is -2.34. The molecule has 0 unspecified atom stereocenters. The summed E-state index contributed by atoms with van der Waals surface area (Å²) < 4.78 is 27.7. The van der Waals surface area contributed by atoms with Crippen LogP contribution in [0.3, 0.4) is 0 Å². The number of piperazine rings is 1. The Balaban J connectivity index is 1.48. The fourth-order valence-corrected chi connectivity index (χ4v) is 5.80. The van der Waals surface area contributed by atoms with Crippen molar-refractivity contribution < 1.29 is 8.42 Å². The number of nitrogens with zero attached hydrogens (tertiary/aromatic N) is 4. The molecule has 28 heavy (non-hydrogen) atoms. The number of hydrogen-bond acceptors (Lipinski definition) is 8. The van der Waals surface area contributed by atoms with Crippen LogP contribution in [0.15, 0.2) is 51.6 Å². The van der Waals surface area contributed by atoms with E-state index in [0.717, 1.165) is 17.2 Å². The molecule has 3 aromatic rings. The minimum Gasteiger partial charge on any atom is -0.397 e. The van der Waals surface area contributed by atoms with Crippen LogP contribution < -0.4 is 16.2 Å². The second-order valence-corrected chi connectivity index (χ2v) is 9.51. The number of hydrogen-bond donors (Lipinski definition) is 2. The highest BCUT2D eigenvalue weighted by molar-refractivity contribution is 7.91. The van der Waals surface area contributed by atoms with Gasteiger partial charge < -0.3 is 10.6 Å². The lowest BCUT2D eigenvalue weighted by atomic mass is 10.3. The van der Waals surface area contributed by atoms with Gasteiger partial charge in [0.15, 0.2) is 0 Å². The van der Waals surface area contributed by atoms with Crippen molar-refractivity contribution in [2.24, 2.45) is 0 Å². The number of pyridine rings is 1. The molecule has 1 aliphatic heterocycles. The Morgan fingerprint density at radius 2 is 1.82 bits per heavy atom. The van der Waals surface area contributed by atoms with Gasteiger partial charge in [0.1, 0.15) is 15.7 Å². The van der Waals surface area contributed by atoms with Crippen molar-refractivity contribution in [2.45, 2.75) is 4.21 Å². The molecule has 3 aromatic heterocycles. The molecule has 146 valence electrons. The quantitative estimate of drug-likeness (QED) is 0.647. The molecule has 1 saturated heterocycles. The number of aromatic amines is 1. The first kappa shape index (κ1) is 18.6. The smallest absolute Gasteiger partial charge is 0.264 e. The lowest BCUT2D eigenvalue weighted by Crippen LogP contribution is -2.48. The standard InChI is InChI=1S/C17H18N6O3S2/c18-12-1-4-15(19-11-12)22-7-9-23(10-8-22)28(25,26)17-6-3-14(27-17)13-2-5-16(24)21-20-13/h1-6,11H,7-10,18H2,(H,21,24). The molecule has 0 radical (unpaired) electrons. The molecule has 1 fully saturated rings. The predicted molar refractivity (Wildman–Crippen MR) is 108 cm³/mol. The number of thiophene rings is 1. The maximum atomic E-state index is 13.0. The number of H-pyrrole nitrogens is 1. The molecule has 0 saturated carbocycles. The number of rotatable bonds is 4. The molecule has 0 amide bonds. The Morgan fingerprint density at radius 1 is 1.04 bits per heavy atom. The first-order chi connectivity index (χ1) is 13.4. The van der Waals surface area contributed by atoms with E-state index in [9.17, 15) is 13.2 Å². The van der Waals surface area contributed by atoms with Crippen molar-refractivity contribution >= 4 is 32.9 Å². The monoisotopic (exact) mass is 418 g/mol. The van der Waals surface area contributed by atoms with E-state index in [2.05, 4.69) is 15.2 Å². The molecule has 11 heteroatoms. The van der Waals surface area contributed by atoms with E-state index < -0.39 is 10.0 Å². The number of aromatic nitrogens is 3. The number of nitrogens with two attached hydrogens (primary N) is 1. The van der Waals surface area contributed by atoms with Gasteiger partial charge >= 0.3 is 0 Å². The summed E-state index contributed by atoms with van der Waals surface area (Å²) in [4.78, 5) is 18.1. The van der Waals surface area contributed by atoms with Gasteiger partial charge in [-0.05, 0) is 30.3 Å². The third kappa shape index (κ3) is 3.63. The zero-order chi connectivity index (χ0) is 19.7. The number of nitrogen functional groups attached to an aromatic ring is 1. The van der Waals surface area contributed by atoms with E-state index in [0.29, 0.717) is 42.4 Å². The molecule has 1 aliphatic rings. The average molecular weight is 419 g/mol. The van der Waals surface area contributed by atoms with Gasteiger partial charge in [0, 0.05) is 32.2 Å². The van der Waals surface area contributed by atoms with Crippen LogP contribution in [0.1, 0.15) is 0 Å². The summed E-state index contributed by atoms with van der Waals surface area (Å²) in [7, 11) is -3.58.